The van der Waals surface area contributed by atoms with Crippen molar-refractivity contribution in [2.24, 2.45) is 0 Å². The summed E-state index contributed by atoms with van der Waals surface area (Å²) in [5.41, 5.74) is 3.06. The molecule has 0 saturated heterocycles. The van der Waals surface area contributed by atoms with Crippen LogP contribution in [0, 0.1) is 13.8 Å². The monoisotopic (exact) mass is 269 g/mol. The Kier molecular flexibility index (Phi) is 4.77. The van der Waals surface area contributed by atoms with Gasteiger partial charge in [-0.25, -0.2) is 0 Å². The van der Waals surface area contributed by atoms with E-state index in [4.69, 9.17) is 4.74 Å². The van der Waals surface area contributed by atoms with Gasteiger partial charge in [-0.1, -0.05) is 30.3 Å². The molecular formula is C17H19NO2. The maximum atomic E-state index is 11.8. The van der Waals surface area contributed by atoms with Crippen molar-refractivity contribution in [3.05, 3.63) is 59.7 Å². The van der Waals surface area contributed by atoms with Gasteiger partial charge < -0.3 is 10.1 Å². The van der Waals surface area contributed by atoms with Gasteiger partial charge in [0.15, 0.2) is 0 Å². The lowest BCUT2D eigenvalue weighted by molar-refractivity contribution is -0.116. The summed E-state index contributed by atoms with van der Waals surface area (Å²) in [4.78, 5) is 11.8. The number of rotatable bonds is 5. The molecule has 0 atom stereocenters. The lowest BCUT2D eigenvalue weighted by Gasteiger charge is -2.09. The number of amides is 1. The van der Waals surface area contributed by atoms with Crippen molar-refractivity contribution in [2.75, 3.05) is 11.9 Å². The Morgan fingerprint density at radius 3 is 2.65 bits per heavy atom. The smallest absolute Gasteiger partial charge is 0.227 e. The van der Waals surface area contributed by atoms with Crippen LogP contribution in [0.15, 0.2) is 48.5 Å². The molecule has 0 aliphatic rings. The summed E-state index contributed by atoms with van der Waals surface area (Å²) < 4.78 is 5.56. The molecular weight excluding hydrogens is 250 g/mol. The zero-order chi connectivity index (χ0) is 14.4. The summed E-state index contributed by atoms with van der Waals surface area (Å²) in [6.45, 7) is 4.36. The Morgan fingerprint density at radius 2 is 1.90 bits per heavy atom. The second-order valence-electron chi connectivity index (χ2n) is 4.78. The average Bonchev–Trinajstić information content (AvgIpc) is 2.41. The largest absolute Gasteiger partial charge is 0.493 e. The number of anilines is 1. The molecule has 0 fully saturated rings. The number of para-hydroxylation sites is 1. The molecule has 3 heteroatoms. The molecule has 0 aliphatic heterocycles. The normalized spacial score (nSPS) is 10.1. The third kappa shape index (κ3) is 4.12. The van der Waals surface area contributed by atoms with Gasteiger partial charge in [0.2, 0.25) is 5.91 Å². The standard InChI is InChI=1S/C17H19NO2/c1-13-6-5-8-15(12-13)20-11-10-17(19)18-16-9-4-3-7-14(16)2/h3-9,12H,10-11H2,1-2H3,(H,18,19). The van der Waals surface area contributed by atoms with Crippen LogP contribution >= 0.6 is 0 Å². The van der Waals surface area contributed by atoms with E-state index in [0.29, 0.717) is 13.0 Å². The summed E-state index contributed by atoms with van der Waals surface area (Å²) in [6.07, 6.45) is 0.336. The van der Waals surface area contributed by atoms with Crippen molar-refractivity contribution in [3.63, 3.8) is 0 Å². The fraction of sp³-hybridized carbons (Fsp3) is 0.235. The minimum Gasteiger partial charge on any atom is -0.493 e. The molecule has 0 spiro atoms. The van der Waals surface area contributed by atoms with Gasteiger partial charge in [-0.2, -0.15) is 0 Å². The highest BCUT2D eigenvalue weighted by atomic mass is 16.5. The van der Waals surface area contributed by atoms with Crippen LogP contribution in [0.4, 0.5) is 5.69 Å². The van der Waals surface area contributed by atoms with Gasteiger partial charge in [-0.3, -0.25) is 4.79 Å². The van der Waals surface area contributed by atoms with Gasteiger partial charge in [0, 0.05) is 5.69 Å². The van der Waals surface area contributed by atoms with Crippen LogP contribution in [0.1, 0.15) is 17.5 Å². The number of benzene rings is 2. The molecule has 2 aromatic rings. The zero-order valence-electron chi connectivity index (χ0n) is 11.8. The fourth-order valence-electron chi connectivity index (χ4n) is 1.89. The number of carbonyl (C=O) groups is 1. The predicted octanol–water partition coefficient (Wildman–Crippen LogP) is 3.71. The molecule has 2 aromatic carbocycles. The molecule has 0 heterocycles. The van der Waals surface area contributed by atoms with Crippen molar-refractivity contribution in [1.29, 1.82) is 0 Å². The van der Waals surface area contributed by atoms with Crippen LogP contribution in [0.2, 0.25) is 0 Å². The summed E-state index contributed by atoms with van der Waals surface area (Å²) in [5, 5.41) is 2.89. The highest BCUT2D eigenvalue weighted by molar-refractivity contribution is 5.91. The number of ether oxygens (including phenoxy) is 1. The summed E-state index contributed by atoms with van der Waals surface area (Å²) in [5.74, 6) is 0.764. The Morgan fingerprint density at radius 1 is 1.10 bits per heavy atom. The number of carbonyl (C=O) groups excluding carboxylic acids is 1. The molecule has 2 rings (SSSR count). The molecule has 0 bridgehead atoms. The van der Waals surface area contributed by atoms with Gasteiger partial charge in [-0.15, -0.1) is 0 Å². The minimum absolute atomic E-state index is 0.0352. The highest BCUT2D eigenvalue weighted by Gasteiger charge is 2.04. The number of nitrogens with one attached hydrogen (secondary N) is 1. The molecule has 1 amide bonds. The highest BCUT2D eigenvalue weighted by Crippen LogP contribution is 2.14. The van der Waals surface area contributed by atoms with E-state index in [-0.39, 0.29) is 5.91 Å². The second-order valence-corrected chi connectivity index (χ2v) is 4.78. The van der Waals surface area contributed by atoms with Crippen molar-refractivity contribution in [2.45, 2.75) is 20.3 Å². The lowest BCUT2D eigenvalue weighted by Crippen LogP contribution is -2.15. The third-order valence-electron chi connectivity index (χ3n) is 3.01. The first-order valence-corrected chi connectivity index (χ1v) is 6.70. The van der Waals surface area contributed by atoms with Crippen LogP contribution in [-0.2, 0) is 4.79 Å². The maximum Gasteiger partial charge on any atom is 0.227 e. The van der Waals surface area contributed by atoms with Gasteiger partial charge in [0.1, 0.15) is 5.75 Å². The van der Waals surface area contributed by atoms with Gasteiger partial charge in [-0.05, 0) is 43.2 Å². The molecule has 0 radical (unpaired) electrons. The number of hydrogen-bond acceptors (Lipinski definition) is 2. The average molecular weight is 269 g/mol. The Bertz CT molecular complexity index is 593. The van der Waals surface area contributed by atoms with Crippen LogP contribution in [0.25, 0.3) is 0 Å². The van der Waals surface area contributed by atoms with Crippen LogP contribution < -0.4 is 10.1 Å². The molecule has 1 N–H and O–H groups in total. The van der Waals surface area contributed by atoms with E-state index >= 15 is 0 Å². The molecule has 20 heavy (non-hydrogen) atoms. The summed E-state index contributed by atoms with van der Waals surface area (Å²) in [6, 6.07) is 15.5. The van der Waals surface area contributed by atoms with Crippen LogP contribution in [0.5, 0.6) is 5.75 Å². The molecule has 3 nitrogen and oxygen atoms in total. The summed E-state index contributed by atoms with van der Waals surface area (Å²) in [7, 11) is 0. The first-order valence-electron chi connectivity index (χ1n) is 6.70. The topological polar surface area (TPSA) is 38.3 Å². The first kappa shape index (κ1) is 14.1. The van der Waals surface area contributed by atoms with E-state index in [1.54, 1.807) is 0 Å². The fourth-order valence-corrected chi connectivity index (χ4v) is 1.89. The van der Waals surface area contributed by atoms with Crippen LogP contribution in [-0.4, -0.2) is 12.5 Å². The van der Waals surface area contributed by atoms with Crippen LogP contribution in [0.3, 0.4) is 0 Å². The van der Waals surface area contributed by atoms with Gasteiger partial charge in [0.25, 0.3) is 0 Å². The van der Waals surface area contributed by atoms with Gasteiger partial charge in [0.05, 0.1) is 13.0 Å². The summed E-state index contributed by atoms with van der Waals surface area (Å²) >= 11 is 0. The second kappa shape index (κ2) is 6.75. The maximum absolute atomic E-state index is 11.8. The van der Waals surface area contributed by atoms with E-state index in [0.717, 1.165) is 22.6 Å². The minimum atomic E-state index is -0.0352. The molecule has 104 valence electrons. The predicted molar refractivity (Wildman–Crippen MR) is 81.1 cm³/mol. The quantitative estimate of drug-likeness (QED) is 0.898. The zero-order valence-corrected chi connectivity index (χ0v) is 11.8. The molecule has 0 aromatic heterocycles. The Labute approximate surface area is 119 Å². The van der Waals surface area contributed by atoms with E-state index in [9.17, 15) is 4.79 Å². The number of aryl methyl sites for hydroxylation is 2. The van der Waals surface area contributed by atoms with E-state index in [2.05, 4.69) is 5.32 Å². The van der Waals surface area contributed by atoms with E-state index in [1.165, 1.54) is 0 Å². The number of hydrogen-bond donors (Lipinski definition) is 1. The SMILES string of the molecule is Cc1cccc(OCCC(=O)Nc2ccccc2C)c1. The van der Waals surface area contributed by atoms with Crippen molar-refractivity contribution in [1.82, 2.24) is 0 Å². The molecule has 0 saturated carbocycles. The van der Waals surface area contributed by atoms with Crippen molar-refractivity contribution >= 4 is 11.6 Å². The van der Waals surface area contributed by atoms with E-state index in [1.807, 2.05) is 62.4 Å². The first-order chi connectivity index (χ1) is 9.65. The third-order valence-corrected chi connectivity index (χ3v) is 3.01. The van der Waals surface area contributed by atoms with E-state index < -0.39 is 0 Å². The molecule has 0 unspecified atom stereocenters. The Balaban J connectivity index is 1.80. The van der Waals surface area contributed by atoms with Crippen molar-refractivity contribution < 1.29 is 9.53 Å². The lowest BCUT2D eigenvalue weighted by atomic mass is 10.2. The Hall–Kier alpha value is -2.29. The van der Waals surface area contributed by atoms with Gasteiger partial charge >= 0.3 is 0 Å². The van der Waals surface area contributed by atoms with Crippen molar-refractivity contribution in [3.8, 4) is 5.75 Å². The molecule has 0 aliphatic carbocycles.